The summed E-state index contributed by atoms with van der Waals surface area (Å²) in [6, 6.07) is 8.24. The average molecular weight is 809 g/mol. The van der Waals surface area contributed by atoms with E-state index in [1.807, 2.05) is 44.4 Å². The summed E-state index contributed by atoms with van der Waals surface area (Å²) in [5.41, 5.74) is 5.44. The van der Waals surface area contributed by atoms with E-state index in [9.17, 15) is 25.1 Å². The molecule has 10 rings (SSSR count). The number of esters is 2. The standard InChI is InChI=1S/C43H44N4O10S/c1-18-11-24-29(35(50)36(18)52-5)33-34-41(58-6)31-30(40-38(54-17-55-40)19(2)37(31)56-20(3)49)27(46(34)26(14-44)25-13-43(24,4)47(25)33)16-53-42(51)32-39-23(12-21(15-48)45-32)22-9-7-8-10-28(22)57-39/h7-11,21,25-27,32-34,41,45,48,50H,12-13,15-17H2,1-6H3/t21-,25+,26-,27-,32+,33+,34?,41+,43+/m0/s1. The Labute approximate surface area is 338 Å². The molecule has 0 saturated carbocycles. The number of aryl methyl sites for hydroxylation is 1. The maximum atomic E-state index is 14.5. The van der Waals surface area contributed by atoms with Crippen LogP contribution in [0.3, 0.4) is 0 Å². The summed E-state index contributed by atoms with van der Waals surface area (Å²) in [6.45, 7) is 6.77. The number of phenols is 1. The number of aliphatic hydroxyl groups excluding tert-OH is 1. The second kappa shape index (κ2) is 13.3. The van der Waals surface area contributed by atoms with E-state index in [0.29, 0.717) is 63.9 Å². The molecule has 0 spiro atoms. The first kappa shape index (κ1) is 37.3. The van der Waals surface area contributed by atoms with Crippen LogP contribution < -0.4 is 24.3 Å². The second-order valence-corrected chi connectivity index (χ2v) is 17.3. The number of aliphatic hydroxyl groups is 1. The number of thioether (sulfide) groups is 1. The van der Waals surface area contributed by atoms with Crippen LogP contribution in [0.1, 0.15) is 88.3 Å². The third kappa shape index (κ3) is 4.86. The SMILES string of the molecule is COc1c(C)cc2c(c1O)[C@@H]1C3[C@H](SC)c4c(OC(C)=O)c(C)c5c(c4[C@H](COC(=O)[C@@H]4N[C@H](CO)Cc6c4oc4ccccc64)N3[C@@H](C#N)[C@H]3C[C@@]2(C)N13)OCO5. The van der Waals surface area contributed by atoms with E-state index in [-0.39, 0.29) is 31.8 Å². The predicted octanol–water partition coefficient (Wildman–Crippen LogP) is 5.29. The van der Waals surface area contributed by atoms with E-state index in [0.717, 1.165) is 27.6 Å². The van der Waals surface area contributed by atoms with Crippen molar-refractivity contribution >= 4 is 34.7 Å². The topological polar surface area (TPSA) is 176 Å². The molecule has 302 valence electrons. The number of carbonyl (C=O) groups is 2. The number of carbonyl (C=O) groups excluding carboxylic acids is 2. The Hall–Kier alpha value is -4.98. The molecule has 0 radical (unpaired) electrons. The first-order chi connectivity index (χ1) is 28.0. The van der Waals surface area contributed by atoms with Crippen LogP contribution >= 0.6 is 11.8 Å². The van der Waals surface area contributed by atoms with Gasteiger partial charge in [0.1, 0.15) is 29.7 Å². The Balaban J connectivity index is 1.15. The minimum absolute atomic E-state index is 0.0615. The van der Waals surface area contributed by atoms with Crippen LogP contribution in [0, 0.1) is 25.2 Å². The molecule has 7 heterocycles. The number of aromatic hydroxyl groups is 1. The fourth-order valence-corrected chi connectivity index (χ4v) is 12.3. The van der Waals surface area contributed by atoms with Crippen molar-refractivity contribution < 1.29 is 47.9 Å². The van der Waals surface area contributed by atoms with Gasteiger partial charge in [-0.05, 0) is 63.1 Å². The summed E-state index contributed by atoms with van der Waals surface area (Å²) in [7, 11) is 1.54. The molecule has 3 aromatic carbocycles. The van der Waals surface area contributed by atoms with E-state index < -0.39 is 59.0 Å². The summed E-state index contributed by atoms with van der Waals surface area (Å²) < 4.78 is 36.8. The molecule has 6 aliphatic heterocycles. The van der Waals surface area contributed by atoms with Gasteiger partial charge in [0.2, 0.25) is 6.79 Å². The lowest BCUT2D eigenvalue weighted by molar-refractivity contribution is -0.186. The van der Waals surface area contributed by atoms with Gasteiger partial charge in [-0.25, -0.2) is 4.79 Å². The number of nitrogens with zero attached hydrogens (tertiary/aromatic N) is 3. The third-order valence-electron chi connectivity index (χ3n) is 13.4. The van der Waals surface area contributed by atoms with Crippen LogP contribution in [0.5, 0.6) is 28.7 Å². The van der Waals surface area contributed by atoms with Gasteiger partial charge in [0.15, 0.2) is 29.0 Å². The number of piperazine rings is 1. The molecule has 0 bridgehead atoms. The largest absolute Gasteiger partial charge is 0.504 e. The number of nitriles is 1. The first-order valence-electron chi connectivity index (χ1n) is 19.5. The van der Waals surface area contributed by atoms with E-state index in [1.165, 1.54) is 6.92 Å². The zero-order chi connectivity index (χ0) is 40.5. The van der Waals surface area contributed by atoms with E-state index in [2.05, 4.69) is 34.2 Å². The number of fused-ring (bicyclic) bond motifs is 11. The first-order valence-corrected chi connectivity index (χ1v) is 20.8. The van der Waals surface area contributed by atoms with Gasteiger partial charge in [0.25, 0.3) is 0 Å². The smallest absolute Gasteiger partial charge is 0.331 e. The quantitative estimate of drug-likeness (QED) is 0.162. The number of methoxy groups -OCH3 is 1. The number of rotatable bonds is 7. The summed E-state index contributed by atoms with van der Waals surface area (Å²) in [5.74, 6) is 0.957. The number of nitrogens with one attached hydrogen (secondary N) is 1. The van der Waals surface area contributed by atoms with Gasteiger partial charge in [0, 0.05) is 63.8 Å². The van der Waals surface area contributed by atoms with E-state index >= 15 is 0 Å². The van der Waals surface area contributed by atoms with Crippen LogP contribution in [-0.2, 0) is 26.3 Å². The molecule has 2 saturated heterocycles. The second-order valence-electron chi connectivity index (χ2n) is 16.3. The van der Waals surface area contributed by atoms with Crippen molar-refractivity contribution in [1.82, 2.24) is 15.1 Å². The molecule has 0 aliphatic carbocycles. The molecule has 3 N–H and O–H groups in total. The average Bonchev–Trinajstić information content (AvgIpc) is 3.90. The number of hydrogen-bond donors (Lipinski definition) is 3. The monoisotopic (exact) mass is 808 g/mol. The number of para-hydroxylation sites is 1. The van der Waals surface area contributed by atoms with Gasteiger partial charge in [-0.2, -0.15) is 17.0 Å². The number of phenolic OH excluding ortho intramolecular Hbond substituents is 1. The van der Waals surface area contributed by atoms with Crippen LogP contribution in [0.4, 0.5) is 0 Å². The molecular formula is C43H44N4O10S. The van der Waals surface area contributed by atoms with Gasteiger partial charge >= 0.3 is 11.9 Å². The van der Waals surface area contributed by atoms with Crippen molar-refractivity contribution in [3.05, 3.63) is 75.0 Å². The summed E-state index contributed by atoms with van der Waals surface area (Å²) >= 11 is 1.55. The molecule has 4 aromatic rings. The minimum Gasteiger partial charge on any atom is -0.504 e. The fraction of sp³-hybridized carbons (Fsp3) is 0.465. The molecule has 9 atom stereocenters. The van der Waals surface area contributed by atoms with Crippen molar-refractivity contribution in [2.75, 3.05) is 33.4 Å². The molecule has 1 aromatic heterocycles. The Kier molecular flexibility index (Phi) is 8.53. The lowest BCUT2D eigenvalue weighted by Gasteiger charge is -2.66. The summed E-state index contributed by atoms with van der Waals surface area (Å²) in [5, 5.41) is 37.3. The van der Waals surface area contributed by atoms with Crippen molar-refractivity contribution in [1.29, 1.82) is 5.26 Å². The minimum atomic E-state index is -1.02. The highest BCUT2D eigenvalue weighted by atomic mass is 32.2. The molecule has 0 amide bonds. The van der Waals surface area contributed by atoms with Gasteiger partial charge in [-0.15, -0.1) is 0 Å². The van der Waals surface area contributed by atoms with Gasteiger partial charge in [-0.1, -0.05) is 18.2 Å². The van der Waals surface area contributed by atoms with Crippen LogP contribution in [0.2, 0.25) is 0 Å². The molecular weight excluding hydrogens is 765 g/mol. The molecule has 14 nitrogen and oxygen atoms in total. The zero-order valence-electron chi connectivity index (χ0n) is 33.0. The normalized spacial score (nSPS) is 30.0. The number of furan rings is 1. The lowest BCUT2D eigenvalue weighted by Crippen LogP contribution is -2.75. The Bertz CT molecular complexity index is 2480. The number of benzene rings is 3. The summed E-state index contributed by atoms with van der Waals surface area (Å²) in [4.78, 5) is 31.9. The van der Waals surface area contributed by atoms with Crippen molar-refractivity contribution in [2.24, 2.45) is 0 Å². The van der Waals surface area contributed by atoms with Crippen molar-refractivity contribution in [3.63, 3.8) is 0 Å². The molecule has 6 aliphatic rings. The Morgan fingerprint density at radius 1 is 1.14 bits per heavy atom. The Morgan fingerprint density at radius 3 is 2.64 bits per heavy atom. The van der Waals surface area contributed by atoms with Crippen LogP contribution in [0.25, 0.3) is 11.0 Å². The Morgan fingerprint density at radius 2 is 1.91 bits per heavy atom. The molecule has 2 fully saturated rings. The molecule has 1 unspecified atom stereocenters. The van der Waals surface area contributed by atoms with Crippen LogP contribution in [0.15, 0.2) is 34.7 Å². The maximum Gasteiger partial charge on any atom is 0.331 e. The zero-order valence-corrected chi connectivity index (χ0v) is 33.8. The highest BCUT2D eigenvalue weighted by Gasteiger charge is 2.70. The van der Waals surface area contributed by atoms with E-state index in [1.54, 1.807) is 18.9 Å². The fourth-order valence-electron chi connectivity index (χ4n) is 11.2. The summed E-state index contributed by atoms with van der Waals surface area (Å²) in [6.07, 6.45) is 3.10. The number of ether oxygens (including phenoxy) is 5. The van der Waals surface area contributed by atoms with Gasteiger partial charge in [0.05, 0.1) is 37.1 Å². The maximum absolute atomic E-state index is 14.5. The molecule has 58 heavy (non-hydrogen) atoms. The van der Waals surface area contributed by atoms with Crippen molar-refractivity contribution in [3.8, 4) is 34.8 Å². The van der Waals surface area contributed by atoms with Crippen molar-refractivity contribution in [2.45, 2.75) is 93.6 Å². The lowest BCUT2D eigenvalue weighted by atomic mass is 9.70. The predicted molar refractivity (Wildman–Crippen MR) is 210 cm³/mol. The number of hydrogen-bond acceptors (Lipinski definition) is 15. The highest BCUT2D eigenvalue weighted by Crippen LogP contribution is 2.70. The van der Waals surface area contributed by atoms with Crippen LogP contribution in [-0.4, -0.2) is 89.5 Å². The van der Waals surface area contributed by atoms with Gasteiger partial charge < -0.3 is 38.3 Å². The third-order valence-corrected chi connectivity index (χ3v) is 14.4. The molecule has 15 heteroatoms. The van der Waals surface area contributed by atoms with E-state index in [4.69, 9.17) is 28.1 Å². The van der Waals surface area contributed by atoms with Gasteiger partial charge in [-0.3, -0.25) is 19.9 Å². The highest BCUT2D eigenvalue weighted by molar-refractivity contribution is 7.98.